The van der Waals surface area contributed by atoms with Gasteiger partial charge in [-0.25, -0.2) is 4.98 Å². The number of hydrogen-bond acceptors (Lipinski definition) is 3. The number of thiazole rings is 1. The van der Waals surface area contributed by atoms with Gasteiger partial charge in [-0.3, -0.25) is 0 Å². The molecule has 15 heavy (non-hydrogen) atoms. The van der Waals surface area contributed by atoms with Gasteiger partial charge in [0.05, 0.1) is 16.0 Å². The highest BCUT2D eigenvalue weighted by molar-refractivity contribution is 9.11. The van der Waals surface area contributed by atoms with Crippen molar-refractivity contribution in [1.29, 1.82) is 0 Å². The maximum absolute atomic E-state index is 4.37. The molecule has 1 N–H and O–H groups in total. The maximum atomic E-state index is 4.37. The van der Waals surface area contributed by atoms with Crippen LogP contribution in [0.25, 0.3) is 0 Å². The Morgan fingerprint density at radius 2 is 2.13 bits per heavy atom. The molecular formula is C11H19BrN2S. The van der Waals surface area contributed by atoms with E-state index in [1.807, 2.05) is 6.20 Å². The summed E-state index contributed by atoms with van der Waals surface area (Å²) in [5.41, 5.74) is 0. The number of halogens is 1. The first-order valence-corrected chi connectivity index (χ1v) is 7.02. The van der Waals surface area contributed by atoms with Crippen LogP contribution in [0.1, 0.15) is 45.2 Å². The number of nitrogens with zero attached hydrogens (tertiary/aromatic N) is 1. The van der Waals surface area contributed by atoms with E-state index in [0.29, 0.717) is 18.0 Å². The Balaban J connectivity index is 2.58. The van der Waals surface area contributed by atoms with Crippen LogP contribution in [0.15, 0.2) is 9.98 Å². The van der Waals surface area contributed by atoms with Crippen molar-refractivity contribution < 1.29 is 0 Å². The summed E-state index contributed by atoms with van der Waals surface area (Å²) in [6.07, 6.45) is 3.03. The van der Waals surface area contributed by atoms with Gasteiger partial charge in [-0.2, -0.15) is 0 Å². The Kier molecular flexibility index (Phi) is 5.23. The third-order valence-electron chi connectivity index (χ3n) is 2.57. The largest absolute Gasteiger partial charge is 0.305 e. The molecule has 1 aromatic heterocycles. The molecule has 0 saturated heterocycles. The van der Waals surface area contributed by atoms with Crippen molar-refractivity contribution in [1.82, 2.24) is 10.3 Å². The molecular weight excluding hydrogens is 272 g/mol. The van der Waals surface area contributed by atoms with E-state index in [1.54, 1.807) is 11.3 Å². The molecule has 0 aromatic carbocycles. The van der Waals surface area contributed by atoms with Gasteiger partial charge >= 0.3 is 0 Å². The fourth-order valence-corrected chi connectivity index (χ4v) is 2.90. The predicted molar refractivity (Wildman–Crippen MR) is 70.3 cm³/mol. The third kappa shape index (κ3) is 3.85. The summed E-state index contributed by atoms with van der Waals surface area (Å²) in [6.45, 7) is 8.91. The average Bonchev–Trinajstić information content (AvgIpc) is 2.60. The summed E-state index contributed by atoms with van der Waals surface area (Å²) in [6, 6.07) is 0.913. The molecule has 0 aliphatic rings. The quantitative estimate of drug-likeness (QED) is 0.887. The molecule has 2 unspecified atom stereocenters. The molecule has 1 rings (SSSR count). The van der Waals surface area contributed by atoms with Crippen LogP contribution < -0.4 is 5.32 Å². The van der Waals surface area contributed by atoms with Crippen LogP contribution in [-0.2, 0) is 0 Å². The first-order valence-electron chi connectivity index (χ1n) is 5.41. The van der Waals surface area contributed by atoms with Crippen molar-refractivity contribution in [2.45, 2.75) is 46.2 Å². The Morgan fingerprint density at radius 1 is 1.47 bits per heavy atom. The summed E-state index contributed by atoms with van der Waals surface area (Å²) in [5.74, 6) is 0.667. The lowest BCUT2D eigenvalue weighted by Crippen LogP contribution is -2.35. The highest BCUT2D eigenvalue weighted by atomic mass is 79.9. The van der Waals surface area contributed by atoms with Crippen molar-refractivity contribution in [3.63, 3.8) is 0 Å². The lowest BCUT2D eigenvalue weighted by molar-refractivity contribution is 0.355. The molecule has 0 aliphatic carbocycles. The number of hydrogen-bond donors (Lipinski definition) is 1. The maximum Gasteiger partial charge on any atom is 0.110 e. The van der Waals surface area contributed by atoms with Crippen molar-refractivity contribution in [3.05, 3.63) is 15.0 Å². The van der Waals surface area contributed by atoms with Gasteiger partial charge in [-0.15, -0.1) is 11.3 Å². The Hall–Kier alpha value is 0.0700. The summed E-state index contributed by atoms with van der Waals surface area (Å²) in [5, 5.41) is 4.78. The number of aromatic nitrogens is 1. The molecule has 2 nitrogen and oxygen atoms in total. The lowest BCUT2D eigenvalue weighted by atomic mass is 10.0. The zero-order valence-corrected chi connectivity index (χ0v) is 12.2. The van der Waals surface area contributed by atoms with Crippen LogP contribution in [0.2, 0.25) is 0 Å². The van der Waals surface area contributed by atoms with Crippen molar-refractivity contribution >= 4 is 27.3 Å². The van der Waals surface area contributed by atoms with Gasteiger partial charge in [0, 0.05) is 6.04 Å². The van der Waals surface area contributed by atoms with Gasteiger partial charge in [0.1, 0.15) is 5.01 Å². The molecule has 0 saturated carbocycles. The standard InChI is InChI=1S/C11H19BrN2S/c1-5-9(7(2)3)14-8(4)11-13-6-10(12)15-11/h6-9,14H,5H2,1-4H3. The molecule has 0 amide bonds. The van der Waals surface area contributed by atoms with E-state index in [9.17, 15) is 0 Å². The van der Waals surface area contributed by atoms with E-state index >= 15 is 0 Å². The van der Waals surface area contributed by atoms with E-state index in [2.05, 4.69) is 53.9 Å². The fourth-order valence-electron chi connectivity index (χ4n) is 1.64. The monoisotopic (exact) mass is 290 g/mol. The Morgan fingerprint density at radius 3 is 2.53 bits per heavy atom. The van der Waals surface area contributed by atoms with Gasteiger partial charge in [0.25, 0.3) is 0 Å². The zero-order valence-electron chi connectivity index (χ0n) is 9.75. The highest BCUT2D eigenvalue weighted by Gasteiger charge is 2.16. The van der Waals surface area contributed by atoms with Crippen molar-refractivity contribution in [2.24, 2.45) is 5.92 Å². The second-order valence-electron chi connectivity index (χ2n) is 4.15. The molecule has 1 heterocycles. The Bertz CT molecular complexity index is 299. The second-order valence-corrected chi connectivity index (χ2v) is 6.59. The van der Waals surface area contributed by atoms with Crippen LogP contribution in [0.3, 0.4) is 0 Å². The van der Waals surface area contributed by atoms with E-state index in [0.717, 1.165) is 15.2 Å². The van der Waals surface area contributed by atoms with E-state index in [4.69, 9.17) is 0 Å². The third-order valence-corrected chi connectivity index (χ3v) is 4.23. The van der Waals surface area contributed by atoms with Crippen LogP contribution in [0.4, 0.5) is 0 Å². The van der Waals surface area contributed by atoms with Crippen LogP contribution in [0, 0.1) is 5.92 Å². The minimum Gasteiger partial charge on any atom is -0.305 e. The molecule has 0 spiro atoms. The second kappa shape index (κ2) is 5.97. The first kappa shape index (κ1) is 13.1. The molecule has 4 heteroatoms. The van der Waals surface area contributed by atoms with Crippen molar-refractivity contribution in [3.8, 4) is 0 Å². The zero-order chi connectivity index (χ0) is 11.4. The molecule has 0 radical (unpaired) electrons. The van der Waals surface area contributed by atoms with E-state index < -0.39 is 0 Å². The van der Waals surface area contributed by atoms with Gasteiger partial charge in [0.2, 0.25) is 0 Å². The topological polar surface area (TPSA) is 24.9 Å². The fraction of sp³-hybridized carbons (Fsp3) is 0.727. The lowest BCUT2D eigenvalue weighted by Gasteiger charge is -2.24. The number of rotatable bonds is 5. The molecule has 0 aliphatic heterocycles. The van der Waals surface area contributed by atoms with Crippen molar-refractivity contribution in [2.75, 3.05) is 0 Å². The minimum atomic E-state index is 0.341. The first-order chi connectivity index (χ1) is 7.04. The van der Waals surface area contributed by atoms with Crippen LogP contribution in [0.5, 0.6) is 0 Å². The van der Waals surface area contributed by atoms with Gasteiger partial charge in [-0.1, -0.05) is 20.8 Å². The van der Waals surface area contributed by atoms with Gasteiger partial charge < -0.3 is 5.32 Å². The predicted octanol–water partition coefficient (Wildman–Crippen LogP) is 3.99. The number of nitrogens with one attached hydrogen (secondary N) is 1. The summed E-state index contributed by atoms with van der Waals surface area (Å²) in [7, 11) is 0. The molecule has 1 aromatic rings. The van der Waals surface area contributed by atoms with E-state index in [-0.39, 0.29) is 0 Å². The minimum absolute atomic E-state index is 0.341. The van der Waals surface area contributed by atoms with Crippen LogP contribution >= 0.6 is 27.3 Å². The summed E-state index contributed by atoms with van der Waals surface area (Å²) >= 11 is 5.14. The average molecular weight is 291 g/mol. The molecule has 0 bridgehead atoms. The van der Waals surface area contributed by atoms with Gasteiger partial charge in [-0.05, 0) is 35.2 Å². The molecule has 0 fully saturated rings. The molecule has 86 valence electrons. The normalized spacial score (nSPS) is 15.6. The molecule has 2 atom stereocenters. The SMILES string of the molecule is CCC(NC(C)c1ncc(Br)s1)C(C)C. The van der Waals surface area contributed by atoms with E-state index in [1.165, 1.54) is 0 Å². The highest BCUT2D eigenvalue weighted by Crippen LogP contribution is 2.25. The summed E-state index contributed by atoms with van der Waals surface area (Å²) in [4.78, 5) is 4.37. The summed E-state index contributed by atoms with van der Waals surface area (Å²) < 4.78 is 1.10. The Labute approximate surface area is 105 Å². The van der Waals surface area contributed by atoms with Crippen LogP contribution in [-0.4, -0.2) is 11.0 Å². The van der Waals surface area contributed by atoms with Gasteiger partial charge in [0.15, 0.2) is 0 Å². The smallest absolute Gasteiger partial charge is 0.110 e.